The molecule has 0 amide bonds. The zero-order valence-electron chi connectivity index (χ0n) is 25.0. The highest BCUT2D eigenvalue weighted by Crippen LogP contribution is 2.65. The van der Waals surface area contributed by atoms with Gasteiger partial charge in [0.05, 0.1) is 5.56 Å². The molecule has 1 atom stereocenters. The summed E-state index contributed by atoms with van der Waals surface area (Å²) in [5.74, 6) is -59.0. The van der Waals surface area contributed by atoms with Crippen LogP contribution in [0.2, 0.25) is 0 Å². The summed E-state index contributed by atoms with van der Waals surface area (Å²) in [5, 5.41) is 0. The Labute approximate surface area is 270 Å². The van der Waals surface area contributed by atoms with Crippen LogP contribution in [0.25, 0.3) is 0 Å². The monoisotopic (exact) mass is 762 g/mol. The molecule has 0 fully saturated rings. The first-order valence-corrected chi connectivity index (χ1v) is 14.0. The summed E-state index contributed by atoms with van der Waals surface area (Å²) < 4.78 is 254. The SMILES string of the molecule is CCCCCCC(F)COc1ccc(OC(=O)c2ccc(C(F)(F)C(F)(F)C(F)(F)C(F)(F)C(F)(F)C(F)(F)C(F)(F)C(F)(F)F)cc2)cc1. The largest absolute Gasteiger partial charge is 0.491 e. The van der Waals surface area contributed by atoms with E-state index in [9.17, 15) is 83.8 Å². The standard InChI is InChI=1S/C29H24F18O3/c1-2-3-4-5-6-18(30)15-49-19-11-13-20(14-12-19)50-21(48)16-7-9-17(10-8-16)22(31,32)23(33,34)24(35,36)25(37,38)26(39,40)27(41,42)28(43,44)29(45,46)47/h7-14,18H,2-6,15H2,1H3. The third kappa shape index (κ3) is 7.69. The molecule has 0 heterocycles. The molecular formula is C29H24F18O3. The number of rotatable bonds is 17. The van der Waals surface area contributed by atoms with Crippen LogP contribution in [0, 0.1) is 0 Å². The molecule has 0 aliphatic rings. The summed E-state index contributed by atoms with van der Waals surface area (Å²) >= 11 is 0. The maximum Gasteiger partial charge on any atom is 0.460 e. The van der Waals surface area contributed by atoms with Gasteiger partial charge in [0.1, 0.15) is 24.3 Å². The molecule has 2 rings (SSSR count). The van der Waals surface area contributed by atoms with Crippen molar-refractivity contribution >= 4 is 5.97 Å². The van der Waals surface area contributed by atoms with Crippen molar-refractivity contribution < 1.29 is 93.3 Å². The molecule has 0 aliphatic heterocycles. The van der Waals surface area contributed by atoms with Crippen LogP contribution in [0.1, 0.15) is 54.9 Å². The molecule has 0 radical (unpaired) electrons. The van der Waals surface area contributed by atoms with Gasteiger partial charge in [0.2, 0.25) is 0 Å². The average Bonchev–Trinajstić information content (AvgIpc) is 3.01. The Hall–Kier alpha value is -3.55. The highest BCUT2D eigenvalue weighted by atomic mass is 19.4. The lowest BCUT2D eigenvalue weighted by molar-refractivity contribution is -0.462. The van der Waals surface area contributed by atoms with Gasteiger partial charge in [-0.3, -0.25) is 0 Å². The predicted molar refractivity (Wildman–Crippen MR) is 137 cm³/mol. The number of halogens is 18. The predicted octanol–water partition coefficient (Wildman–Crippen LogP) is 11.1. The number of hydrogen-bond acceptors (Lipinski definition) is 3. The quantitative estimate of drug-likeness (QED) is 0.0697. The van der Waals surface area contributed by atoms with E-state index in [0.717, 1.165) is 31.4 Å². The van der Waals surface area contributed by atoms with Crippen molar-refractivity contribution in [2.45, 2.75) is 92.8 Å². The second-order valence-corrected chi connectivity index (χ2v) is 10.7. The maximum atomic E-state index is 14.5. The molecule has 0 saturated heterocycles. The van der Waals surface area contributed by atoms with Gasteiger partial charge in [-0.05, 0) is 42.8 Å². The number of esters is 1. The summed E-state index contributed by atoms with van der Waals surface area (Å²) in [7, 11) is 0. The van der Waals surface area contributed by atoms with Crippen molar-refractivity contribution in [1.82, 2.24) is 0 Å². The van der Waals surface area contributed by atoms with Gasteiger partial charge in [0, 0.05) is 5.56 Å². The van der Waals surface area contributed by atoms with Crippen LogP contribution in [-0.4, -0.2) is 60.5 Å². The molecule has 0 aliphatic carbocycles. The van der Waals surface area contributed by atoms with Crippen LogP contribution < -0.4 is 9.47 Å². The smallest absolute Gasteiger partial charge is 0.460 e. The number of carbonyl (C=O) groups excluding carboxylic acids is 1. The minimum Gasteiger partial charge on any atom is -0.491 e. The molecule has 0 saturated carbocycles. The van der Waals surface area contributed by atoms with E-state index < -0.39 is 70.9 Å². The Morgan fingerprint density at radius 1 is 0.580 bits per heavy atom. The molecule has 2 aromatic rings. The van der Waals surface area contributed by atoms with Crippen molar-refractivity contribution in [1.29, 1.82) is 0 Å². The number of carbonyl (C=O) groups is 1. The number of hydrogen-bond donors (Lipinski definition) is 0. The van der Waals surface area contributed by atoms with Gasteiger partial charge in [-0.25, -0.2) is 9.18 Å². The summed E-state index contributed by atoms with van der Waals surface area (Å²) in [5.41, 5.74) is -3.29. The van der Waals surface area contributed by atoms with Crippen LogP contribution in [0.5, 0.6) is 11.5 Å². The third-order valence-electron chi connectivity index (χ3n) is 7.04. The minimum atomic E-state index is -8.73. The normalized spacial score (nSPS) is 14.8. The molecule has 3 nitrogen and oxygen atoms in total. The minimum absolute atomic E-state index is 0.117. The molecule has 21 heteroatoms. The summed E-state index contributed by atoms with van der Waals surface area (Å²) in [6.07, 6.45) is -5.54. The Morgan fingerprint density at radius 2 is 1.02 bits per heavy atom. The topological polar surface area (TPSA) is 35.5 Å². The van der Waals surface area contributed by atoms with Crippen molar-refractivity contribution in [3.05, 3.63) is 59.7 Å². The first-order chi connectivity index (χ1) is 22.5. The van der Waals surface area contributed by atoms with Gasteiger partial charge in [-0.15, -0.1) is 0 Å². The van der Waals surface area contributed by atoms with Gasteiger partial charge in [0.25, 0.3) is 0 Å². The average molecular weight is 762 g/mol. The lowest BCUT2D eigenvalue weighted by Crippen LogP contribution is -2.74. The Bertz CT molecular complexity index is 1420. The summed E-state index contributed by atoms with van der Waals surface area (Å²) in [4.78, 5) is 12.3. The number of unbranched alkanes of at least 4 members (excludes halogenated alkanes) is 3. The van der Waals surface area contributed by atoms with E-state index in [2.05, 4.69) is 0 Å². The van der Waals surface area contributed by atoms with E-state index >= 15 is 0 Å². The molecule has 0 N–H and O–H groups in total. The fourth-order valence-electron chi connectivity index (χ4n) is 3.99. The molecule has 0 aromatic heterocycles. The fourth-order valence-corrected chi connectivity index (χ4v) is 3.99. The van der Waals surface area contributed by atoms with Crippen molar-refractivity contribution in [2.24, 2.45) is 0 Å². The highest BCUT2D eigenvalue weighted by molar-refractivity contribution is 5.91. The molecule has 0 spiro atoms. The van der Waals surface area contributed by atoms with Crippen molar-refractivity contribution in [3.63, 3.8) is 0 Å². The third-order valence-corrected chi connectivity index (χ3v) is 7.04. The van der Waals surface area contributed by atoms with Gasteiger partial charge in [0.15, 0.2) is 0 Å². The van der Waals surface area contributed by atoms with E-state index in [0.29, 0.717) is 6.42 Å². The Morgan fingerprint density at radius 3 is 1.48 bits per heavy atom. The molecule has 50 heavy (non-hydrogen) atoms. The van der Waals surface area contributed by atoms with Gasteiger partial charge < -0.3 is 9.47 Å². The number of ether oxygens (including phenoxy) is 2. The van der Waals surface area contributed by atoms with E-state index in [1.165, 1.54) is 12.1 Å². The molecule has 2 aromatic carbocycles. The summed E-state index contributed by atoms with van der Waals surface area (Å²) in [6, 6.07) is 4.24. The second kappa shape index (κ2) is 14.6. The lowest BCUT2D eigenvalue weighted by atomic mass is 9.87. The van der Waals surface area contributed by atoms with Crippen molar-refractivity contribution in [2.75, 3.05) is 6.61 Å². The van der Waals surface area contributed by atoms with Gasteiger partial charge in [-0.1, -0.05) is 44.7 Å². The van der Waals surface area contributed by atoms with Gasteiger partial charge in [-0.2, -0.15) is 74.6 Å². The van der Waals surface area contributed by atoms with E-state index in [4.69, 9.17) is 9.47 Å². The van der Waals surface area contributed by atoms with Crippen LogP contribution in [0.15, 0.2) is 48.5 Å². The fraction of sp³-hybridized carbons (Fsp3) is 0.552. The van der Waals surface area contributed by atoms with Crippen LogP contribution in [-0.2, 0) is 5.92 Å². The lowest BCUT2D eigenvalue weighted by Gasteiger charge is -2.42. The first kappa shape index (κ1) is 42.6. The number of alkyl halides is 18. The highest BCUT2D eigenvalue weighted by Gasteiger charge is 2.95. The van der Waals surface area contributed by atoms with Crippen LogP contribution >= 0.6 is 0 Å². The number of benzene rings is 2. The molecule has 0 bridgehead atoms. The second-order valence-electron chi connectivity index (χ2n) is 10.7. The van der Waals surface area contributed by atoms with Crippen molar-refractivity contribution in [3.8, 4) is 11.5 Å². The molecular weight excluding hydrogens is 738 g/mol. The van der Waals surface area contributed by atoms with E-state index in [1.54, 1.807) is 0 Å². The summed E-state index contributed by atoms with van der Waals surface area (Å²) in [6.45, 7) is 1.66. The van der Waals surface area contributed by atoms with Crippen LogP contribution in [0.3, 0.4) is 0 Å². The first-order valence-electron chi connectivity index (χ1n) is 14.0. The zero-order chi connectivity index (χ0) is 38.8. The van der Waals surface area contributed by atoms with Crippen LogP contribution in [0.4, 0.5) is 79.0 Å². The maximum absolute atomic E-state index is 14.5. The molecule has 284 valence electrons. The zero-order valence-corrected chi connectivity index (χ0v) is 25.0. The Kier molecular flexibility index (Phi) is 12.4. The molecule has 1 unspecified atom stereocenters. The van der Waals surface area contributed by atoms with E-state index in [1.807, 2.05) is 6.92 Å². The van der Waals surface area contributed by atoms with Gasteiger partial charge >= 0.3 is 53.6 Å². The Balaban J connectivity index is 2.24. The van der Waals surface area contributed by atoms with E-state index in [-0.39, 0.29) is 48.8 Å².